The first-order valence-electron chi connectivity index (χ1n) is 6.31. The molecule has 1 aliphatic heterocycles. The van der Waals surface area contributed by atoms with Crippen molar-refractivity contribution in [2.75, 3.05) is 38.5 Å². The van der Waals surface area contributed by atoms with Crippen LogP contribution in [0.2, 0.25) is 0 Å². The van der Waals surface area contributed by atoms with Crippen LogP contribution in [0.25, 0.3) is 0 Å². The highest BCUT2D eigenvalue weighted by Crippen LogP contribution is 2.13. The topological polar surface area (TPSA) is 92.9 Å². The molecule has 112 valence electrons. The Morgan fingerprint density at radius 1 is 1.21 bits per heavy atom. The maximum atomic E-state index is 11.8. The first-order chi connectivity index (χ1) is 8.65. The monoisotopic (exact) mass is 293 g/mol. The number of nitrogens with two attached hydrogens (primary N) is 1. The fourth-order valence-corrected chi connectivity index (χ4v) is 3.03. The highest BCUT2D eigenvalue weighted by molar-refractivity contribution is 7.89. The summed E-state index contributed by atoms with van der Waals surface area (Å²) in [7, 11) is -3.29. The number of hydrogen-bond acceptors (Lipinski definition) is 5. The Balaban J connectivity index is 2.52. The molecule has 19 heavy (non-hydrogen) atoms. The smallest absolute Gasteiger partial charge is 0.410 e. The number of sulfonamides is 1. The van der Waals surface area contributed by atoms with Crippen LogP contribution in [0.4, 0.5) is 4.79 Å². The van der Waals surface area contributed by atoms with Crippen molar-refractivity contribution in [1.82, 2.24) is 9.21 Å². The standard InChI is InChI=1S/C11H23N3O4S/c1-11(2,3)18-10(15)13-5-7-14(8-6-13)19(16,17)9-4-12/h4-9,12H2,1-3H3. The van der Waals surface area contributed by atoms with Gasteiger partial charge < -0.3 is 15.4 Å². The Morgan fingerprint density at radius 3 is 2.16 bits per heavy atom. The van der Waals surface area contributed by atoms with Gasteiger partial charge in [-0.3, -0.25) is 0 Å². The molecule has 0 aliphatic carbocycles. The molecule has 0 aromatic heterocycles. The first kappa shape index (κ1) is 16.2. The lowest BCUT2D eigenvalue weighted by Gasteiger charge is -2.34. The lowest BCUT2D eigenvalue weighted by molar-refractivity contribution is 0.0192. The summed E-state index contributed by atoms with van der Waals surface area (Å²) in [5.74, 6) is -0.0561. The van der Waals surface area contributed by atoms with Gasteiger partial charge in [-0.25, -0.2) is 13.2 Å². The molecule has 0 saturated carbocycles. The summed E-state index contributed by atoms with van der Waals surface area (Å²) >= 11 is 0. The molecule has 1 saturated heterocycles. The van der Waals surface area contributed by atoms with E-state index in [0.717, 1.165) is 0 Å². The van der Waals surface area contributed by atoms with Crippen LogP contribution in [0.15, 0.2) is 0 Å². The average molecular weight is 293 g/mol. The third-order valence-electron chi connectivity index (χ3n) is 2.66. The van der Waals surface area contributed by atoms with Crippen molar-refractivity contribution in [3.8, 4) is 0 Å². The largest absolute Gasteiger partial charge is 0.444 e. The lowest BCUT2D eigenvalue weighted by atomic mass is 10.2. The van der Waals surface area contributed by atoms with Crippen LogP contribution in [0, 0.1) is 0 Å². The number of nitrogens with zero attached hydrogens (tertiary/aromatic N) is 2. The molecule has 0 unspecified atom stereocenters. The van der Waals surface area contributed by atoms with Gasteiger partial charge in [0.25, 0.3) is 0 Å². The summed E-state index contributed by atoms with van der Waals surface area (Å²) in [5.41, 5.74) is 4.73. The maximum absolute atomic E-state index is 11.8. The zero-order chi connectivity index (χ0) is 14.7. The number of piperazine rings is 1. The second-order valence-corrected chi connectivity index (χ2v) is 7.56. The van der Waals surface area contributed by atoms with E-state index in [1.807, 2.05) is 0 Å². The van der Waals surface area contributed by atoms with Gasteiger partial charge >= 0.3 is 6.09 Å². The summed E-state index contributed by atoms with van der Waals surface area (Å²) < 4.78 is 30.2. The molecule has 0 radical (unpaired) electrons. The van der Waals surface area contributed by atoms with E-state index in [0.29, 0.717) is 26.2 Å². The Kier molecular flexibility index (Phi) is 5.17. The van der Waals surface area contributed by atoms with Crippen LogP contribution in [-0.2, 0) is 14.8 Å². The van der Waals surface area contributed by atoms with E-state index < -0.39 is 21.7 Å². The second-order valence-electron chi connectivity index (χ2n) is 5.47. The maximum Gasteiger partial charge on any atom is 0.410 e. The van der Waals surface area contributed by atoms with Crippen molar-refractivity contribution in [1.29, 1.82) is 0 Å². The van der Waals surface area contributed by atoms with Crippen LogP contribution in [0.5, 0.6) is 0 Å². The molecule has 0 bridgehead atoms. The number of carbonyl (C=O) groups excluding carboxylic acids is 1. The van der Waals surface area contributed by atoms with Crippen molar-refractivity contribution in [3.63, 3.8) is 0 Å². The van der Waals surface area contributed by atoms with Gasteiger partial charge in [0.2, 0.25) is 10.0 Å². The van der Waals surface area contributed by atoms with Crippen molar-refractivity contribution < 1.29 is 17.9 Å². The molecule has 0 aromatic rings. The first-order valence-corrected chi connectivity index (χ1v) is 7.92. The van der Waals surface area contributed by atoms with Crippen molar-refractivity contribution >= 4 is 16.1 Å². The molecule has 8 heteroatoms. The zero-order valence-corrected chi connectivity index (χ0v) is 12.6. The number of carbonyl (C=O) groups is 1. The zero-order valence-electron chi connectivity index (χ0n) is 11.8. The highest BCUT2D eigenvalue weighted by atomic mass is 32.2. The molecule has 0 atom stereocenters. The minimum atomic E-state index is -3.29. The van der Waals surface area contributed by atoms with Gasteiger partial charge in [0.05, 0.1) is 5.75 Å². The highest BCUT2D eigenvalue weighted by Gasteiger charge is 2.30. The lowest BCUT2D eigenvalue weighted by Crippen LogP contribution is -2.52. The quantitative estimate of drug-likeness (QED) is 0.779. The molecule has 1 fully saturated rings. The normalized spacial score (nSPS) is 18.4. The van der Waals surface area contributed by atoms with Crippen LogP contribution in [-0.4, -0.2) is 67.8 Å². The third kappa shape index (κ3) is 4.96. The Labute approximate surface area is 114 Å². The predicted molar refractivity (Wildman–Crippen MR) is 72.2 cm³/mol. The average Bonchev–Trinajstić information content (AvgIpc) is 2.27. The summed E-state index contributed by atoms with van der Waals surface area (Å²) in [6.45, 7) is 6.78. The van der Waals surface area contributed by atoms with Crippen molar-refractivity contribution in [2.45, 2.75) is 26.4 Å². The summed E-state index contributed by atoms with van der Waals surface area (Å²) in [5, 5.41) is 0. The Hall–Kier alpha value is -0.860. The fraction of sp³-hybridized carbons (Fsp3) is 0.909. The van der Waals surface area contributed by atoms with Gasteiger partial charge in [-0.2, -0.15) is 4.31 Å². The number of rotatable bonds is 3. The predicted octanol–water partition coefficient (Wildman–Crippen LogP) is -0.172. The van der Waals surface area contributed by atoms with Crippen LogP contribution >= 0.6 is 0 Å². The summed E-state index contributed by atoms with van der Waals surface area (Å²) in [6.07, 6.45) is -0.400. The van der Waals surface area contributed by atoms with Crippen molar-refractivity contribution in [3.05, 3.63) is 0 Å². The van der Waals surface area contributed by atoms with E-state index in [1.54, 1.807) is 20.8 Å². The molecule has 2 N–H and O–H groups in total. The summed E-state index contributed by atoms with van der Waals surface area (Å²) in [4.78, 5) is 13.3. The molecule has 1 amide bonds. The van der Waals surface area contributed by atoms with Gasteiger partial charge in [0.15, 0.2) is 0 Å². The summed E-state index contributed by atoms with van der Waals surface area (Å²) in [6, 6.07) is 0. The Bertz CT molecular complexity index is 408. The molecule has 1 rings (SSSR count). The van der Waals surface area contributed by atoms with E-state index in [9.17, 15) is 13.2 Å². The minimum Gasteiger partial charge on any atom is -0.444 e. The van der Waals surface area contributed by atoms with E-state index >= 15 is 0 Å². The third-order valence-corrected chi connectivity index (χ3v) is 4.56. The van der Waals surface area contributed by atoms with E-state index in [-0.39, 0.29) is 12.3 Å². The molecular weight excluding hydrogens is 270 g/mol. The van der Waals surface area contributed by atoms with Gasteiger partial charge in [-0.05, 0) is 20.8 Å². The minimum absolute atomic E-state index is 0.0561. The molecule has 1 aliphatic rings. The molecule has 0 spiro atoms. The molecular formula is C11H23N3O4S. The van der Waals surface area contributed by atoms with E-state index in [1.165, 1.54) is 9.21 Å². The number of hydrogen-bond donors (Lipinski definition) is 1. The SMILES string of the molecule is CC(C)(C)OC(=O)N1CCN(S(=O)(=O)CCN)CC1. The van der Waals surface area contributed by atoms with Gasteiger partial charge in [-0.1, -0.05) is 0 Å². The van der Waals surface area contributed by atoms with Gasteiger partial charge in [-0.15, -0.1) is 0 Å². The Morgan fingerprint density at radius 2 is 1.74 bits per heavy atom. The second kappa shape index (κ2) is 6.06. The van der Waals surface area contributed by atoms with Gasteiger partial charge in [0, 0.05) is 32.7 Å². The number of amides is 1. The van der Waals surface area contributed by atoms with E-state index in [4.69, 9.17) is 10.5 Å². The van der Waals surface area contributed by atoms with Crippen molar-refractivity contribution in [2.24, 2.45) is 5.73 Å². The molecule has 1 heterocycles. The molecule has 7 nitrogen and oxygen atoms in total. The van der Waals surface area contributed by atoms with Crippen LogP contribution < -0.4 is 5.73 Å². The fourth-order valence-electron chi connectivity index (χ4n) is 1.75. The number of ether oxygens (including phenoxy) is 1. The van der Waals surface area contributed by atoms with E-state index in [2.05, 4.69) is 0 Å². The van der Waals surface area contributed by atoms with Crippen LogP contribution in [0.1, 0.15) is 20.8 Å². The molecule has 0 aromatic carbocycles. The van der Waals surface area contributed by atoms with Gasteiger partial charge in [0.1, 0.15) is 5.60 Å². The van der Waals surface area contributed by atoms with Crippen LogP contribution in [0.3, 0.4) is 0 Å².